The highest BCUT2D eigenvalue weighted by molar-refractivity contribution is 5.91. The van der Waals surface area contributed by atoms with Crippen molar-refractivity contribution < 1.29 is 19.1 Å². The van der Waals surface area contributed by atoms with Gasteiger partial charge in [-0.05, 0) is 42.5 Å². The predicted molar refractivity (Wildman–Crippen MR) is 92.5 cm³/mol. The zero-order valence-electron chi connectivity index (χ0n) is 13.7. The van der Waals surface area contributed by atoms with Crippen molar-refractivity contribution in [1.29, 1.82) is 0 Å². The molecule has 2 aromatic rings. The lowest BCUT2D eigenvalue weighted by Gasteiger charge is -2.09. The number of amides is 1. The van der Waals surface area contributed by atoms with Crippen LogP contribution in [0.2, 0.25) is 0 Å². The number of carbonyl (C=O) groups is 2. The lowest BCUT2D eigenvalue weighted by molar-refractivity contribution is -0.115. The fourth-order valence-electron chi connectivity index (χ4n) is 2.09. The quantitative estimate of drug-likeness (QED) is 0.764. The van der Waals surface area contributed by atoms with Crippen molar-refractivity contribution in [2.75, 3.05) is 31.4 Å². The third kappa shape index (κ3) is 5.01. The van der Waals surface area contributed by atoms with Gasteiger partial charge >= 0.3 is 5.97 Å². The smallest absolute Gasteiger partial charge is 0.337 e. The van der Waals surface area contributed by atoms with Crippen LogP contribution in [0.3, 0.4) is 0 Å². The van der Waals surface area contributed by atoms with Crippen LogP contribution in [0.5, 0.6) is 5.75 Å². The topological polar surface area (TPSA) is 76.7 Å². The number of hydrogen-bond acceptors (Lipinski definition) is 5. The van der Waals surface area contributed by atoms with Crippen molar-refractivity contribution in [3.63, 3.8) is 0 Å². The first-order valence-corrected chi connectivity index (χ1v) is 7.48. The van der Waals surface area contributed by atoms with Gasteiger partial charge in [-0.25, -0.2) is 4.79 Å². The van der Waals surface area contributed by atoms with E-state index in [9.17, 15) is 9.59 Å². The summed E-state index contributed by atoms with van der Waals surface area (Å²) >= 11 is 0. The van der Waals surface area contributed by atoms with Gasteiger partial charge in [0.15, 0.2) is 0 Å². The van der Waals surface area contributed by atoms with Crippen molar-refractivity contribution >= 4 is 23.3 Å². The normalized spacial score (nSPS) is 9.92. The van der Waals surface area contributed by atoms with Gasteiger partial charge in [0.25, 0.3) is 0 Å². The fourth-order valence-corrected chi connectivity index (χ4v) is 2.09. The predicted octanol–water partition coefficient (Wildman–Crippen LogP) is 2.92. The van der Waals surface area contributed by atoms with E-state index < -0.39 is 5.97 Å². The Kier molecular flexibility index (Phi) is 6.19. The molecule has 0 heterocycles. The summed E-state index contributed by atoms with van der Waals surface area (Å²) in [7, 11) is 2.93. The maximum Gasteiger partial charge on any atom is 0.337 e. The summed E-state index contributed by atoms with van der Waals surface area (Å²) in [6.07, 6.45) is 0.300. The van der Waals surface area contributed by atoms with Gasteiger partial charge in [0.1, 0.15) is 5.75 Å². The Morgan fingerprint density at radius 1 is 1.00 bits per heavy atom. The summed E-state index contributed by atoms with van der Waals surface area (Å²) in [4.78, 5) is 23.4. The highest BCUT2D eigenvalue weighted by Gasteiger charge is 2.06. The molecule has 0 aliphatic heterocycles. The van der Waals surface area contributed by atoms with Crippen LogP contribution in [0.25, 0.3) is 0 Å². The Morgan fingerprint density at radius 3 is 2.42 bits per heavy atom. The molecule has 2 aromatic carbocycles. The zero-order chi connectivity index (χ0) is 17.4. The van der Waals surface area contributed by atoms with E-state index in [2.05, 4.69) is 15.4 Å². The maximum atomic E-state index is 11.9. The number of ether oxygens (including phenoxy) is 2. The van der Waals surface area contributed by atoms with Gasteiger partial charge in [0.05, 0.1) is 19.8 Å². The highest BCUT2D eigenvalue weighted by atomic mass is 16.5. The van der Waals surface area contributed by atoms with E-state index in [1.165, 1.54) is 7.11 Å². The van der Waals surface area contributed by atoms with Crippen LogP contribution in [0, 0.1) is 0 Å². The molecule has 0 saturated carbocycles. The van der Waals surface area contributed by atoms with Crippen LogP contribution < -0.4 is 15.4 Å². The fraction of sp³-hybridized carbons (Fsp3) is 0.222. The highest BCUT2D eigenvalue weighted by Crippen LogP contribution is 2.15. The molecule has 0 unspecified atom stereocenters. The molecule has 2 rings (SSSR count). The summed E-state index contributed by atoms with van der Waals surface area (Å²) in [5.41, 5.74) is 1.94. The van der Waals surface area contributed by atoms with Gasteiger partial charge < -0.3 is 20.1 Å². The largest absolute Gasteiger partial charge is 0.497 e. The van der Waals surface area contributed by atoms with Crippen LogP contribution >= 0.6 is 0 Å². The summed E-state index contributed by atoms with van der Waals surface area (Å²) < 4.78 is 9.74. The van der Waals surface area contributed by atoms with Crippen LogP contribution in [0.4, 0.5) is 11.4 Å². The van der Waals surface area contributed by atoms with Crippen LogP contribution in [-0.2, 0) is 9.53 Å². The second-order valence-corrected chi connectivity index (χ2v) is 5.03. The van der Waals surface area contributed by atoms with Gasteiger partial charge in [0, 0.05) is 24.3 Å². The van der Waals surface area contributed by atoms with E-state index >= 15 is 0 Å². The number of methoxy groups -OCH3 is 2. The van der Waals surface area contributed by atoms with E-state index in [1.807, 2.05) is 6.07 Å². The molecule has 0 radical (unpaired) electrons. The first kappa shape index (κ1) is 17.3. The first-order chi connectivity index (χ1) is 11.6. The summed E-state index contributed by atoms with van der Waals surface area (Å²) in [5, 5.41) is 5.92. The number of nitrogens with one attached hydrogen (secondary N) is 2. The molecule has 0 aliphatic carbocycles. The van der Waals surface area contributed by atoms with E-state index in [0.717, 1.165) is 11.4 Å². The Hall–Kier alpha value is -3.02. The maximum absolute atomic E-state index is 11.9. The van der Waals surface area contributed by atoms with Gasteiger partial charge in [-0.1, -0.05) is 6.07 Å². The van der Waals surface area contributed by atoms with Crippen molar-refractivity contribution in [1.82, 2.24) is 0 Å². The molecule has 0 saturated heterocycles. The summed E-state index contributed by atoms with van der Waals surface area (Å²) in [6, 6.07) is 14.1. The van der Waals surface area contributed by atoms with Crippen molar-refractivity contribution in [3.05, 3.63) is 54.1 Å². The first-order valence-electron chi connectivity index (χ1n) is 7.48. The zero-order valence-corrected chi connectivity index (χ0v) is 13.7. The Balaban J connectivity index is 1.80. The molecule has 2 N–H and O–H groups in total. The molecular formula is C18H20N2O4. The van der Waals surface area contributed by atoms with Gasteiger partial charge in [-0.3, -0.25) is 4.79 Å². The Morgan fingerprint density at radius 2 is 1.75 bits per heavy atom. The third-order valence-electron chi connectivity index (χ3n) is 3.34. The standard InChI is InChI=1S/C18H20N2O4/c1-23-16-8-6-14(7-9-16)20-17(21)10-11-19-15-5-3-4-13(12-15)18(22)24-2/h3-9,12,19H,10-11H2,1-2H3,(H,20,21). The van der Waals surface area contributed by atoms with Gasteiger partial charge in [-0.2, -0.15) is 0 Å². The number of hydrogen-bond donors (Lipinski definition) is 2. The van der Waals surface area contributed by atoms with Crippen LogP contribution in [0.1, 0.15) is 16.8 Å². The summed E-state index contributed by atoms with van der Waals surface area (Å²) in [5.74, 6) is 0.243. The molecule has 0 bridgehead atoms. The van der Waals surface area contributed by atoms with Gasteiger partial charge in [0.2, 0.25) is 5.91 Å². The molecule has 0 aliphatic rings. The lowest BCUT2D eigenvalue weighted by Crippen LogP contribution is -2.16. The molecule has 0 aromatic heterocycles. The minimum absolute atomic E-state index is 0.100. The molecular weight excluding hydrogens is 308 g/mol. The van der Waals surface area contributed by atoms with E-state index in [4.69, 9.17) is 4.74 Å². The second-order valence-electron chi connectivity index (χ2n) is 5.03. The molecule has 6 heteroatoms. The molecule has 1 amide bonds. The molecule has 24 heavy (non-hydrogen) atoms. The molecule has 0 atom stereocenters. The second kappa shape index (κ2) is 8.57. The minimum atomic E-state index is -0.393. The average molecular weight is 328 g/mol. The molecule has 6 nitrogen and oxygen atoms in total. The van der Waals surface area contributed by atoms with Crippen molar-refractivity contribution in [2.24, 2.45) is 0 Å². The summed E-state index contributed by atoms with van der Waals surface area (Å²) in [6.45, 7) is 0.451. The van der Waals surface area contributed by atoms with Gasteiger partial charge in [-0.15, -0.1) is 0 Å². The van der Waals surface area contributed by atoms with Crippen molar-refractivity contribution in [2.45, 2.75) is 6.42 Å². The van der Waals surface area contributed by atoms with Crippen LogP contribution in [0.15, 0.2) is 48.5 Å². The molecule has 0 spiro atoms. The number of benzene rings is 2. The number of carbonyl (C=O) groups excluding carboxylic acids is 2. The average Bonchev–Trinajstić information content (AvgIpc) is 2.62. The Labute approximate surface area is 140 Å². The van der Waals surface area contributed by atoms with E-state index in [-0.39, 0.29) is 5.91 Å². The van der Waals surface area contributed by atoms with Crippen LogP contribution in [-0.4, -0.2) is 32.6 Å². The SMILES string of the molecule is COC(=O)c1cccc(NCCC(=O)Nc2ccc(OC)cc2)c1. The minimum Gasteiger partial charge on any atom is -0.497 e. The lowest BCUT2D eigenvalue weighted by atomic mass is 10.2. The van der Waals surface area contributed by atoms with E-state index in [1.54, 1.807) is 49.6 Å². The molecule has 126 valence electrons. The van der Waals surface area contributed by atoms with E-state index in [0.29, 0.717) is 24.2 Å². The number of rotatable bonds is 7. The third-order valence-corrected chi connectivity index (χ3v) is 3.34. The number of anilines is 2. The number of esters is 1. The molecule has 0 fully saturated rings. The Bertz CT molecular complexity index is 698. The van der Waals surface area contributed by atoms with Crippen molar-refractivity contribution in [3.8, 4) is 5.75 Å². The monoisotopic (exact) mass is 328 g/mol.